The number of hydrogen-bond acceptors (Lipinski definition) is 5. The van der Waals surface area contributed by atoms with Gasteiger partial charge in [0.2, 0.25) is 0 Å². The summed E-state index contributed by atoms with van der Waals surface area (Å²) >= 11 is 0. The Bertz CT molecular complexity index is 1310. The number of benzene rings is 2. The van der Waals surface area contributed by atoms with Crippen molar-refractivity contribution in [2.75, 3.05) is 39.4 Å². The maximum Gasteiger partial charge on any atom is 0.272 e. The highest BCUT2D eigenvalue weighted by Crippen LogP contribution is 2.30. The van der Waals surface area contributed by atoms with Crippen molar-refractivity contribution in [1.29, 1.82) is 0 Å². The summed E-state index contributed by atoms with van der Waals surface area (Å²) in [6.45, 7) is 4.66. The number of aryl methyl sites for hydroxylation is 1. The molecule has 1 atom stereocenters. The van der Waals surface area contributed by atoms with Crippen molar-refractivity contribution in [2.45, 2.75) is 57.5 Å². The summed E-state index contributed by atoms with van der Waals surface area (Å²) in [5.41, 5.74) is 2.52. The third kappa shape index (κ3) is 7.14. The monoisotopic (exact) mass is 555 g/mol. The average Bonchev–Trinajstić information content (AvgIpc) is 3.01. The highest BCUT2D eigenvalue weighted by molar-refractivity contribution is 5.94. The number of para-hydroxylation sites is 1. The van der Waals surface area contributed by atoms with Gasteiger partial charge >= 0.3 is 0 Å². The summed E-state index contributed by atoms with van der Waals surface area (Å²) in [4.78, 5) is 36.4. The number of fused-ring (bicyclic) bond motifs is 1. The second-order valence-corrected chi connectivity index (χ2v) is 11.1. The number of pyridine rings is 1. The van der Waals surface area contributed by atoms with E-state index in [0.29, 0.717) is 51.4 Å². The number of ether oxygens (including phenoxy) is 2. The van der Waals surface area contributed by atoms with Gasteiger partial charge in [-0.2, -0.15) is 0 Å². The molecule has 1 unspecified atom stereocenters. The Morgan fingerprint density at radius 2 is 1.78 bits per heavy atom. The number of unbranched alkanes of at least 4 members (excludes halogenated alkanes) is 1. The summed E-state index contributed by atoms with van der Waals surface area (Å²) in [6.07, 6.45) is 5.71. The molecule has 1 spiro atoms. The van der Waals surface area contributed by atoms with E-state index in [1.807, 2.05) is 53.4 Å². The summed E-state index contributed by atoms with van der Waals surface area (Å²) in [5, 5.41) is 0. The number of carbonyl (C=O) groups excluding carboxylic acids is 2. The molecule has 0 N–H and O–H groups in total. The van der Waals surface area contributed by atoms with Crippen LogP contribution in [0.2, 0.25) is 0 Å². The normalized spacial score (nSPS) is 20.1. The van der Waals surface area contributed by atoms with Crippen molar-refractivity contribution in [3.63, 3.8) is 0 Å². The Balaban J connectivity index is 1.36. The molecule has 2 aromatic carbocycles. The van der Waals surface area contributed by atoms with Crippen molar-refractivity contribution in [3.05, 3.63) is 95.3 Å². The van der Waals surface area contributed by atoms with Gasteiger partial charge in [-0.25, -0.2) is 4.98 Å². The first-order chi connectivity index (χ1) is 20.1. The van der Waals surface area contributed by atoms with Crippen molar-refractivity contribution in [3.8, 4) is 5.75 Å². The second-order valence-electron chi connectivity index (χ2n) is 11.1. The molecule has 0 saturated carbocycles. The van der Waals surface area contributed by atoms with Crippen LogP contribution in [0, 0.1) is 0 Å². The van der Waals surface area contributed by atoms with Crippen LogP contribution >= 0.6 is 0 Å². The average molecular weight is 556 g/mol. The van der Waals surface area contributed by atoms with Crippen LogP contribution in [-0.2, 0) is 22.4 Å². The largest absolute Gasteiger partial charge is 0.491 e. The van der Waals surface area contributed by atoms with Crippen LogP contribution in [0.1, 0.15) is 66.3 Å². The van der Waals surface area contributed by atoms with Gasteiger partial charge in [0.05, 0.1) is 19.7 Å². The lowest BCUT2D eigenvalue weighted by atomic mass is 9.90. The van der Waals surface area contributed by atoms with Gasteiger partial charge < -0.3 is 19.3 Å². The molecule has 1 saturated heterocycles. The van der Waals surface area contributed by atoms with Crippen LogP contribution < -0.4 is 4.74 Å². The van der Waals surface area contributed by atoms with Crippen molar-refractivity contribution in [1.82, 2.24) is 14.8 Å². The maximum absolute atomic E-state index is 14.2. The van der Waals surface area contributed by atoms with Crippen LogP contribution in [0.3, 0.4) is 0 Å². The summed E-state index contributed by atoms with van der Waals surface area (Å²) < 4.78 is 12.5. The molecule has 0 aliphatic carbocycles. The van der Waals surface area contributed by atoms with Crippen LogP contribution in [0.25, 0.3) is 0 Å². The standard InChI is InChI=1S/C34H41N3O4/c1-2-3-20-36-21-23-40-31-18-8-7-14-28(31)15-9-10-19-34(33(36)39)26-37(22-24-41-34)32(38)30-17-11-16-29(35-30)25-27-12-5-4-6-13-27/h4-8,11-14,16-18H,2-3,9-10,15,19-26H2,1H3. The van der Waals surface area contributed by atoms with Gasteiger partial charge in [-0.05, 0) is 61.4 Å². The van der Waals surface area contributed by atoms with E-state index in [1.54, 1.807) is 11.0 Å². The first-order valence-corrected chi connectivity index (χ1v) is 15.0. The highest BCUT2D eigenvalue weighted by Gasteiger charge is 2.46. The quantitative estimate of drug-likeness (QED) is 0.412. The number of aromatic nitrogens is 1. The Hall–Kier alpha value is -3.71. The fourth-order valence-electron chi connectivity index (χ4n) is 5.80. The zero-order valence-electron chi connectivity index (χ0n) is 24.1. The first-order valence-electron chi connectivity index (χ1n) is 15.0. The minimum atomic E-state index is -1.07. The lowest BCUT2D eigenvalue weighted by Crippen LogP contribution is -2.62. The molecule has 0 bridgehead atoms. The molecule has 2 aliphatic rings. The Labute approximate surface area is 243 Å². The van der Waals surface area contributed by atoms with Crippen LogP contribution in [0.15, 0.2) is 72.8 Å². The molecule has 2 aliphatic heterocycles. The van der Waals surface area contributed by atoms with Gasteiger partial charge in [-0.15, -0.1) is 0 Å². The fraction of sp³-hybridized carbons (Fsp3) is 0.441. The smallest absolute Gasteiger partial charge is 0.272 e. The molecule has 2 amide bonds. The third-order valence-electron chi connectivity index (χ3n) is 8.05. The summed E-state index contributed by atoms with van der Waals surface area (Å²) in [7, 11) is 0. The van der Waals surface area contributed by atoms with E-state index in [0.717, 1.165) is 49.1 Å². The van der Waals surface area contributed by atoms with Gasteiger partial charge in [-0.1, -0.05) is 67.9 Å². The van der Waals surface area contributed by atoms with E-state index < -0.39 is 5.60 Å². The van der Waals surface area contributed by atoms with E-state index in [2.05, 4.69) is 25.1 Å². The molecule has 3 heterocycles. The molecule has 7 nitrogen and oxygen atoms in total. The Morgan fingerprint density at radius 1 is 0.951 bits per heavy atom. The van der Waals surface area contributed by atoms with Gasteiger partial charge in [0.1, 0.15) is 18.1 Å². The van der Waals surface area contributed by atoms with E-state index in [4.69, 9.17) is 14.5 Å². The molecular weight excluding hydrogens is 514 g/mol. The molecule has 5 rings (SSSR count). The van der Waals surface area contributed by atoms with Gasteiger partial charge in [0.25, 0.3) is 11.8 Å². The predicted octanol–water partition coefficient (Wildman–Crippen LogP) is 5.32. The number of morpholine rings is 1. The molecule has 1 fully saturated rings. The molecule has 1 aromatic heterocycles. The highest BCUT2D eigenvalue weighted by atomic mass is 16.5. The number of nitrogens with zero attached hydrogens (tertiary/aromatic N) is 3. The minimum absolute atomic E-state index is 0.0355. The van der Waals surface area contributed by atoms with Crippen molar-refractivity contribution >= 4 is 11.8 Å². The predicted molar refractivity (Wildman–Crippen MR) is 159 cm³/mol. The number of carbonyl (C=O) groups is 2. The van der Waals surface area contributed by atoms with Crippen molar-refractivity contribution in [2.24, 2.45) is 0 Å². The van der Waals surface area contributed by atoms with Crippen LogP contribution in [0.5, 0.6) is 5.75 Å². The molecule has 3 aromatic rings. The third-order valence-corrected chi connectivity index (χ3v) is 8.05. The molecule has 0 radical (unpaired) electrons. The van der Waals surface area contributed by atoms with Crippen molar-refractivity contribution < 1.29 is 19.1 Å². The van der Waals surface area contributed by atoms with E-state index in [1.165, 1.54) is 5.56 Å². The van der Waals surface area contributed by atoms with E-state index >= 15 is 0 Å². The zero-order chi connectivity index (χ0) is 28.5. The maximum atomic E-state index is 14.2. The molecule has 41 heavy (non-hydrogen) atoms. The topological polar surface area (TPSA) is 72.0 Å². The minimum Gasteiger partial charge on any atom is -0.491 e. The molecule has 7 heteroatoms. The summed E-state index contributed by atoms with van der Waals surface area (Å²) in [5.74, 6) is 0.712. The van der Waals surface area contributed by atoms with E-state index in [9.17, 15) is 9.59 Å². The SMILES string of the molecule is CCCCN1CCOc2ccccc2CCCCC2(CN(C(=O)c3cccc(Cc4ccccc4)n3)CCO2)C1=O. The van der Waals surface area contributed by atoms with Crippen LogP contribution in [0.4, 0.5) is 0 Å². The number of hydrogen-bond donors (Lipinski definition) is 0. The zero-order valence-corrected chi connectivity index (χ0v) is 24.1. The first kappa shape index (κ1) is 28.8. The fourth-order valence-corrected chi connectivity index (χ4v) is 5.80. The summed E-state index contributed by atoms with van der Waals surface area (Å²) in [6, 6.07) is 23.9. The second kappa shape index (κ2) is 13.8. The lowest BCUT2D eigenvalue weighted by Gasteiger charge is -2.44. The van der Waals surface area contributed by atoms with E-state index in [-0.39, 0.29) is 18.4 Å². The molecule has 216 valence electrons. The Kier molecular flexibility index (Phi) is 9.67. The van der Waals surface area contributed by atoms with Gasteiger partial charge in [-0.3, -0.25) is 9.59 Å². The lowest BCUT2D eigenvalue weighted by molar-refractivity contribution is -0.170. The molecular formula is C34H41N3O4. The number of rotatable bonds is 6. The van der Waals surface area contributed by atoms with Gasteiger partial charge in [0.15, 0.2) is 5.60 Å². The van der Waals surface area contributed by atoms with Crippen LogP contribution in [-0.4, -0.2) is 71.6 Å². The van der Waals surface area contributed by atoms with Gasteiger partial charge in [0, 0.05) is 25.2 Å². The Morgan fingerprint density at radius 3 is 2.63 bits per heavy atom. The number of amides is 2.